The summed E-state index contributed by atoms with van der Waals surface area (Å²) in [5.74, 6) is -1.91. The van der Waals surface area contributed by atoms with Crippen LogP contribution in [-0.4, -0.2) is 38.2 Å². The zero-order chi connectivity index (χ0) is 20.6. The van der Waals surface area contributed by atoms with Gasteiger partial charge in [0.05, 0.1) is 19.6 Å². The highest BCUT2D eigenvalue weighted by atomic mass is 16.6. The maximum Gasteiger partial charge on any atom is 0.327 e. The Kier molecular flexibility index (Phi) is 5.88. The summed E-state index contributed by atoms with van der Waals surface area (Å²) >= 11 is 0. The molecule has 27 heavy (non-hydrogen) atoms. The third kappa shape index (κ3) is 3.66. The van der Waals surface area contributed by atoms with Crippen LogP contribution in [0.4, 0.5) is 0 Å². The van der Waals surface area contributed by atoms with Crippen molar-refractivity contribution in [3.8, 4) is 0 Å². The lowest BCUT2D eigenvalue weighted by molar-refractivity contribution is -0.173. The van der Waals surface area contributed by atoms with Crippen molar-refractivity contribution < 1.29 is 28.6 Å². The Hall–Kier alpha value is -2.11. The molecule has 0 radical (unpaired) electrons. The molecular formula is C21H30O6. The molecule has 6 heteroatoms. The molecule has 0 saturated heterocycles. The molecule has 0 spiro atoms. The molecule has 2 aliphatic rings. The Balaban J connectivity index is 2.37. The summed E-state index contributed by atoms with van der Waals surface area (Å²) in [6, 6.07) is 0. The molecule has 0 heterocycles. The van der Waals surface area contributed by atoms with Gasteiger partial charge in [0.2, 0.25) is 0 Å². The van der Waals surface area contributed by atoms with Crippen LogP contribution in [0.3, 0.4) is 0 Å². The molecule has 0 N–H and O–H groups in total. The molecule has 0 aliphatic heterocycles. The maximum absolute atomic E-state index is 12.7. The fraction of sp³-hybridized carbons (Fsp3) is 0.667. The number of esters is 3. The summed E-state index contributed by atoms with van der Waals surface area (Å²) < 4.78 is 15.7. The van der Waals surface area contributed by atoms with E-state index in [0.717, 1.165) is 11.1 Å². The van der Waals surface area contributed by atoms with Crippen LogP contribution < -0.4 is 0 Å². The topological polar surface area (TPSA) is 78.9 Å². The molecule has 150 valence electrons. The number of hydrogen-bond donors (Lipinski definition) is 0. The predicted molar refractivity (Wildman–Crippen MR) is 99.5 cm³/mol. The fourth-order valence-electron chi connectivity index (χ4n) is 4.20. The van der Waals surface area contributed by atoms with Gasteiger partial charge in [-0.2, -0.15) is 0 Å². The highest BCUT2D eigenvalue weighted by Gasteiger charge is 2.61. The molecule has 0 unspecified atom stereocenters. The van der Waals surface area contributed by atoms with Crippen LogP contribution in [-0.2, 0) is 28.6 Å². The highest BCUT2D eigenvalue weighted by Crippen LogP contribution is 2.55. The quantitative estimate of drug-likeness (QED) is 0.425. The third-order valence-electron chi connectivity index (χ3n) is 5.59. The van der Waals surface area contributed by atoms with E-state index in [1.54, 1.807) is 6.08 Å². The second-order valence-electron chi connectivity index (χ2n) is 8.54. The van der Waals surface area contributed by atoms with E-state index < -0.39 is 22.8 Å². The Morgan fingerprint density at radius 1 is 1.11 bits per heavy atom. The monoisotopic (exact) mass is 378 g/mol. The van der Waals surface area contributed by atoms with Crippen molar-refractivity contribution >= 4 is 17.9 Å². The SMILES string of the molecule is C=C(C)C1=CC(C(=O)OC)(C(=O)OC)[C@@H]2CC[C@@H](OC(=O)C(C)(C)C)C[C@H]12. The molecule has 3 atom stereocenters. The number of hydrogen-bond acceptors (Lipinski definition) is 6. The number of methoxy groups -OCH3 is 2. The largest absolute Gasteiger partial charge is 0.468 e. The first-order valence-corrected chi connectivity index (χ1v) is 9.25. The molecule has 6 nitrogen and oxygen atoms in total. The summed E-state index contributed by atoms with van der Waals surface area (Å²) in [7, 11) is 2.54. The first kappa shape index (κ1) is 21.2. The van der Waals surface area contributed by atoms with E-state index in [9.17, 15) is 14.4 Å². The summed E-state index contributed by atoms with van der Waals surface area (Å²) in [6.07, 6.45) is 3.07. The van der Waals surface area contributed by atoms with Gasteiger partial charge in [0.15, 0.2) is 5.41 Å². The zero-order valence-electron chi connectivity index (χ0n) is 17.1. The maximum atomic E-state index is 12.7. The van der Waals surface area contributed by atoms with E-state index in [2.05, 4.69) is 6.58 Å². The average molecular weight is 378 g/mol. The van der Waals surface area contributed by atoms with Gasteiger partial charge >= 0.3 is 17.9 Å². The first-order chi connectivity index (χ1) is 12.5. The lowest BCUT2D eigenvalue weighted by Crippen LogP contribution is -2.47. The third-order valence-corrected chi connectivity index (χ3v) is 5.59. The van der Waals surface area contributed by atoms with Crippen molar-refractivity contribution in [1.82, 2.24) is 0 Å². The Morgan fingerprint density at radius 3 is 2.11 bits per heavy atom. The van der Waals surface area contributed by atoms with Crippen LogP contribution in [0.15, 0.2) is 23.8 Å². The van der Waals surface area contributed by atoms with Crippen molar-refractivity contribution in [2.75, 3.05) is 14.2 Å². The lowest BCUT2D eigenvalue weighted by atomic mass is 9.67. The van der Waals surface area contributed by atoms with Crippen LogP contribution in [0.5, 0.6) is 0 Å². The molecule has 2 aliphatic carbocycles. The number of carbonyl (C=O) groups excluding carboxylic acids is 3. The number of carbonyl (C=O) groups is 3. The van der Waals surface area contributed by atoms with Gasteiger partial charge in [-0.25, -0.2) is 0 Å². The molecule has 0 bridgehead atoms. The van der Waals surface area contributed by atoms with E-state index in [-0.39, 0.29) is 23.9 Å². The van der Waals surface area contributed by atoms with Crippen LogP contribution in [0.2, 0.25) is 0 Å². The zero-order valence-corrected chi connectivity index (χ0v) is 17.1. The van der Waals surface area contributed by atoms with Gasteiger partial charge in [0, 0.05) is 0 Å². The van der Waals surface area contributed by atoms with Crippen molar-refractivity contribution in [3.05, 3.63) is 23.8 Å². The number of ether oxygens (including phenoxy) is 3. The van der Waals surface area contributed by atoms with Crippen molar-refractivity contribution in [2.24, 2.45) is 22.7 Å². The van der Waals surface area contributed by atoms with Crippen LogP contribution in [0, 0.1) is 22.7 Å². The Morgan fingerprint density at radius 2 is 1.67 bits per heavy atom. The second-order valence-corrected chi connectivity index (χ2v) is 8.54. The standard InChI is InChI=1S/C21H30O6/c1-12(2)15-11-21(18(23)25-6,19(24)26-7)16-9-8-13(10-14(15)16)27-17(22)20(3,4)5/h11,13-14,16H,1,8-10H2,2-7H3/t13-,14-,16-/m1/s1. The predicted octanol–water partition coefficient (Wildman–Crippen LogP) is 3.21. The van der Waals surface area contributed by atoms with Crippen LogP contribution in [0.1, 0.15) is 47.0 Å². The average Bonchev–Trinajstić information content (AvgIpc) is 2.95. The number of fused-ring (bicyclic) bond motifs is 1. The van der Waals surface area contributed by atoms with Gasteiger partial charge in [-0.05, 0) is 64.4 Å². The molecule has 0 aromatic carbocycles. The molecule has 0 aromatic rings. The minimum atomic E-state index is -1.47. The van der Waals surface area contributed by atoms with Gasteiger partial charge < -0.3 is 14.2 Å². The molecule has 0 aromatic heterocycles. The Labute approximate surface area is 160 Å². The summed E-state index contributed by atoms with van der Waals surface area (Å²) in [5.41, 5.74) is -0.433. The minimum Gasteiger partial charge on any atom is -0.468 e. The van der Waals surface area contributed by atoms with Gasteiger partial charge in [-0.1, -0.05) is 18.2 Å². The van der Waals surface area contributed by atoms with Crippen LogP contribution in [0.25, 0.3) is 0 Å². The normalized spacial score (nSPS) is 26.4. The van der Waals surface area contributed by atoms with E-state index in [1.165, 1.54) is 14.2 Å². The van der Waals surface area contributed by atoms with Gasteiger partial charge in [-0.3, -0.25) is 14.4 Å². The van der Waals surface area contributed by atoms with Gasteiger partial charge in [0.25, 0.3) is 0 Å². The van der Waals surface area contributed by atoms with Crippen molar-refractivity contribution in [3.63, 3.8) is 0 Å². The molecule has 1 saturated carbocycles. The van der Waals surface area contributed by atoms with E-state index in [1.807, 2.05) is 27.7 Å². The van der Waals surface area contributed by atoms with Gasteiger partial charge in [0.1, 0.15) is 6.10 Å². The number of allylic oxidation sites excluding steroid dienone is 2. The molecule has 1 fully saturated rings. The van der Waals surface area contributed by atoms with E-state index >= 15 is 0 Å². The summed E-state index contributed by atoms with van der Waals surface area (Å²) in [6.45, 7) is 11.3. The molecular weight excluding hydrogens is 348 g/mol. The summed E-state index contributed by atoms with van der Waals surface area (Å²) in [4.78, 5) is 37.6. The molecule has 0 amide bonds. The first-order valence-electron chi connectivity index (χ1n) is 9.25. The van der Waals surface area contributed by atoms with E-state index in [4.69, 9.17) is 14.2 Å². The fourth-order valence-corrected chi connectivity index (χ4v) is 4.20. The second kappa shape index (κ2) is 7.49. The Bertz CT molecular complexity index is 665. The van der Waals surface area contributed by atoms with Crippen LogP contribution >= 0.6 is 0 Å². The van der Waals surface area contributed by atoms with Gasteiger partial charge in [-0.15, -0.1) is 0 Å². The van der Waals surface area contributed by atoms with E-state index in [0.29, 0.717) is 19.3 Å². The highest BCUT2D eigenvalue weighted by molar-refractivity contribution is 6.03. The van der Waals surface area contributed by atoms with Crippen molar-refractivity contribution in [1.29, 1.82) is 0 Å². The van der Waals surface area contributed by atoms with Crippen molar-refractivity contribution in [2.45, 2.75) is 53.1 Å². The minimum absolute atomic E-state index is 0.118. The smallest absolute Gasteiger partial charge is 0.327 e. The lowest BCUT2D eigenvalue weighted by Gasteiger charge is -2.39. The summed E-state index contributed by atoms with van der Waals surface area (Å²) in [5, 5.41) is 0. The molecule has 2 rings (SSSR count). The number of rotatable bonds is 4.